The molecule has 7 heteroatoms. The number of hydrogen-bond donors (Lipinski definition) is 2. The van der Waals surface area contributed by atoms with Crippen molar-refractivity contribution in [2.75, 3.05) is 5.32 Å². The number of carbonyl (C=O) groups excluding carboxylic acids is 1. The number of aliphatic hydroxyl groups excluding tert-OH is 1. The third-order valence-corrected chi connectivity index (χ3v) is 4.73. The molecule has 0 spiro atoms. The van der Waals surface area contributed by atoms with Gasteiger partial charge in [-0.15, -0.1) is 11.3 Å². The van der Waals surface area contributed by atoms with Crippen molar-refractivity contribution in [3.63, 3.8) is 0 Å². The van der Waals surface area contributed by atoms with Gasteiger partial charge in [0.05, 0.1) is 23.5 Å². The molecule has 2 aromatic rings. The lowest BCUT2D eigenvalue weighted by Crippen LogP contribution is -2.47. The molecule has 20 heavy (non-hydrogen) atoms. The Balaban J connectivity index is 2.05. The number of carboxylic acid groups (broad SMARTS) is 1. The molecule has 0 bridgehead atoms. The number of anilines is 1. The monoisotopic (exact) mass is 292 g/mol. The summed E-state index contributed by atoms with van der Waals surface area (Å²) in [5.74, 6) is -0.886. The number of aryl methyl sites for hydroxylation is 2. The van der Waals surface area contributed by atoms with Crippen LogP contribution in [-0.2, 0) is 17.6 Å². The second-order valence-corrected chi connectivity index (χ2v) is 6.03. The minimum Gasteiger partial charge on any atom is -0.548 e. The van der Waals surface area contributed by atoms with Gasteiger partial charge in [-0.05, 0) is 31.7 Å². The normalized spacial score (nSPS) is 16.9. The van der Waals surface area contributed by atoms with E-state index in [-0.39, 0.29) is 0 Å². The van der Waals surface area contributed by atoms with Crippen molar-refractivity contribution < 1.29 is 15.0 Å². The van der Waals surface area contributed by atoms with Gasteiger partial charge >= 0.3 is 0 Å². The molecule has 2 aromatic heterocycles. The molecule has 6 nitrogen and oxygen atoms in total. The lowest BCUT2D eigenvalue weighted by Gasteiger charge is -2.23. The molecule has 3 rings (SSSR count). The summed E-state index contributed by atoms with van der Waals surface area (Å²) in [5, 5.41) is 24.3. The van der Waals surface area contributed by atoms with E-state index in [9.17, 15) is 15.0 Å². The Hall–Kier alpha value is -1.73. The van der Waals surface area contributed by atoms with Gasteiger partial charge in [-0.2, -0.15) is 0 Å². The summed E-state index contributed by atoms with van der Waals surface area (Å²) in [6, 6.07) is -1.19. The maximum atomic E-state index is 11.1. The second kappa shape index (κ2) is 4.99. The lowest BCUT2D eigenvalue weighted by atomic mass is 10.1. The van der Waals surface area contributed by atoms with Crippen LogP contribution < -0.4 is 10.4 Å². The van der Waals surface area contributed by atoms with E-state index in [1.54, 1.807) is 11.3 Å². The minimum atomic E-state index is -1.35. The van der Waals surface area contributed by atoms with Crippen LogP contribution in [0.4, 0.5) is 5.82 Å². The maximum absolute atomic E-state index is 11.1. The maximum Gasteiger partial charge on any atom is 0.139 e. The van der Waals surface area contributed by atoms with E-state index < -0.39 is 18.1 Å². The van der Waals surface area contributed by atoms with Crippen LogP contribution in [0.15, 0.2) is 6.33 Å². The molecule has 0 amide bonds. The average Bonchev–Trinajstić information content (AvgIpc) is 2.94. The summed E-state index contributed by atoms with van der Waals surface area (Å²) in [6.07, 6.45) is 3.44. The van der Waals surface area contributed by atoms with Gasteiger partial charge in [0.2, 0.25) is 0 Å². The van der Waals surface area contributed by atoms with Crippen molar-refractivity contribution in [3.8, 4) is 0 Å². The number of nitrogens with zero attached hydrogens (tertiary/aromatic N) is 2. The Morgan fingerprint density at radius 3 is 3.00 bits per heavy atom. The smallest absolute Gasteiger partial charge is 0.139 e. The van der Waals surface area contributed by atoms with Crippen molar-refractivity contribution in [1.82, 2.24) is 9.97 Å². The zero-order valence-corrected chi connectivity index (χ0v) is 11.7. The van der Waals surface area contributed by atoms with Crippen LogP contribution in [0.3, 0.4) is 0 Å². The topological polar surface area (TPSA) is 98.2 Å². The molecule has 2 heterocycles. The fourth-order valence-corrected chi connectivity index (χ4v) is 3.79. The van der Waals surface area contributed by atoms with Gasteiger partial charge in [0.1, 0.15) is 17.0 Å². The Morgan fingerprint density at radius 2 is 2.30 bits per heavy atom. The fraction of sp³-hybridized carbons (Fsp3) is 0.462. The van der Waals surface area contributed by atoms with Crippen LogP contribution in [0.2, 0.25) is 0 Å². The van der Waals surface area contributed by atoms with Crippen LogP contribution in [-0.4, -0.2) is 33.2 Å². The number of fused-ring (bicyclic) bond motifs is 3. The van der Waals surface area contributed by atoms with Crippen LogP contribution in [0.25, 0.3) is 10.2 Å². The molecule has 0 unspecified atom stereocenters. The molecule has 0 saturated carbocycles. The van der Waals surface area contributed by atoms with Crippen molar-refractivity contribution in [1.29, 1.82) is 0 Å². The van der Waals surface area contributed by atoms with Gasteiger partial charge in [0, 0.05) is 4.88 Å². The first-order valence-corrected chi connectivity index (χ1v) is 7.30. The van der Waals surface area contributed by atoms with E-state index in [0.717, 1.165) is 29.5 Å². The van der Waals surface area contributed by atoms with E-state index in [2.05, 4.69) is 15.3 Å². The third-order valence-electron chi connectivity index (χ3n) is 3.53. The summed E-state index contributed by atoms with van der Waals surface area (Å²) in [5.41, 5.74) is 1.20. The van der Waals surface area contributed by atoms with Crippen molar-refractivity contribution in [2.24, 2.45) is 0 Å². The van der Waals surface area contributed by atoms with E-state index in [1.165, 1.54) is 23.7 Å². The molecule has 0 radical (unpaired) electrons. The molecule has 2 atom stereocenters. The summed E-state index contributed by atoms with van der Waals surface area (Å²) in [7, 11) is 0. The third kappa shape index (κ3) is 2.12. The van der Waals surface area contributed by atoms with Gasteiger partial charge in [-0.3, -0.25) is 0 Å². The zero-order chi connectivity index (χ0) is 14.3. The van der Waals surface area contributed by atoms with Gasteiger partial charge in [-0.25, -0.2) is 9.97 Å². The first-order valence-electron chi connectivity index (χ1n) is 6.48. The SMILES string of the molecule is C[C@H](O)[C@H](Nc1ncnc2sc3c(c12)CCC3)C(=O)[O-]. The molecule has 106 valence electrons. The van der Waals surface area contributed by atoms with Gasteiger partial charge in [0.15, 0.2) is 0 Å². The zero-order valence-electron chi connectivity index (χ0n) is 10.9. The molecule has 0 fully saturated rings. The van der Waals surface area contributed by atoms with Crippen molar-refractivity contribution in [3.05, 3.63) is 16.8 Å². The van der Waals surface area contributed by atoms with Crippen LogP contribution in [0, 0.1) is 0 Å². The summed E-state index contributed by atoms with van der Waals surface area (Å²) in [6.45, 7) is 1.41. The van der Waals surface area contributed by atoms with E-state index in [1.807, 2.05) is 0 Å². The van der Waals surface area contributed by atoms with Crippen LogP contribution in [0.1, 0.15) is 23.8 Å². The number of hydrogen-bond acceptors (Lipinski definition) is 7. The molecular formula is C13H14N3O3S-. The Labute approximate surface area is 119 Å². The largest absolute Gasteiger partial charge is 0.548 e. The van der Waals surface area contributed by atoms with Gasteiger partial charge in [-0.1, -0.05) is 0 Å². The quantitative estimate of drug-likeness (QED) is 0.829. The van der Waals surface area contributed by atoms with E-state index in [4.69, 9.17) is 0 Å². The second-order valence-electron chi connectivity index (χ2n) is 4.94. The number of thiophene rings is 1. The molecular weight excluding hydrogens is 278 g/mol. The fourth-order valence-electron chi connectivity index (χ4n) is 2.56. The highest BCUT2D eigenvalue weighted by molar-refractivity contribution is 7.19. The van der Waals surface area contributed by atoms with Crippen LogP contribution in [0.5, 0.6) is 0 Å². The number of aliphatic hydroxyl groups is 1. The summed E-state index contributed by atoms with van der Waals surface area (Å²) in [4.78, 5) is 21.6. The van der Waals surface area contributed by atoms with E-state index >= 15 is 0 Å². The lowest BCUT2D eigenvalue weighted by molar-refractivity contribution is -0.308. The van der Waals surface area contributed by atoms with Crippen molar-refractivity contribution in [2.45, 2.75) is 38.3 Å². The highest BCUT2D eigenvalue weighted by Crippen LogP contribution is 2.39. The number of carbonyl (C=O) groups is 1. The van der Waals surface area contributed by atoms with Gasteiger partial charge < -0.3 is 20.3 Å². The highest BCUT2D eigenvalue weighted by atomic mass is 32.1. The Bertz CT molecular complexity index is 668. The predicted molar refractivity (Wildman–Crippen MR) is 73.5 cm³/mol. The first-order chi connectivity index (χ1) is 9.58. The number of nitrogens with one attached hydrogen (secondary N) is 1. The summed E-state index contributed by atoms with van der Waals surface area (Å²) >= 11 is 1.63. The van der Waals surface area contributed by atoms with E-state index in [0.29, 0.717) is 5.82 Å². The standard InChI is InChI=1S/C13H15N3O3S/c1-6(17)10(13(18)19)16-11-9-7-3-2-4-8(7)20-12(9)15-5-14-11/h5-6,10,17H,2-4H2,1H3,(H,18,19)(H,14,15,16)/p-1/t6-,10-/m0/s1. The molecule has 1 aliphatic rings. The molecule has 0 saturated heterocycles. The highest BCUT2D eigenvalue weighted by Gasteiger charge is 2.23. The number of carboxylic acids is 1. The number of aromatic nitrogens is 2. The van der Waals surface area contributed by atoms with Crippen molar-refractivity contribution >= 4 is 33.3 Å². The Morgan fingerprint density at radius 1 is 1.50 bits per heavy atom. The number of rotatable bonds is 4. The first kappa shape index (κ1) is 13.3. The molecule has 0 aromatic carbocycles. The average molecular weight is 292 g/mol. The Kier molecular flexibility index (Phi) is 3.31. The summed E-state index contributed by atoms with van der Waals surface area (Å²) < 4.78 is 0. The molecule has 2 N–H and O–H groups in total. The minimum absolute atomic E-state index is 0.463. The van der Waals surface area contributed by atoms with Crippen LogP contribution >= 0.6 is 11.3 Å². The predicted octanol–water partition coefficient (Wildman–Crippen LogP) is 0.0912. The van der Waals surface area contributed by atoms with Gasteiger partial charge in [0.25, 0.3) is 0 Å². The molecule has 0 aliphatic heterocycles. The number of aliphatic carboxylic acids is 1. The molecule has 1 aliphatic carbocycles.